The molecule has 1 aliphatic carbocycles. The van der Waals surface area contributed by atoms with Crippen LogP contribution in [0.15, 0.2) is 36.4 Å². The molecule has 0 bridgehead atoms. The number of hydrogen-bond donors (Lipinski definition) is 2. The Morgan fingerprint density at radius 2 is 1.54 bits per heavy atom. The molecule has 1 fully saturated rings. The van der Waals surface area contributed by atoms with Crippen molar-refractivity contribution in [2.75, 3.05) is 10.6 Å². The monoisotopic (exact) mass is 350 g/mol. The van der Waals surface area contributed by atoms with Crippen molar-refractivity contribution in [3.8, 4) is 0 Å². The number of carbonyl (C=O) groups is 2. The van der Waals surface area contributed by atoms with E-state index in [4.69, 9.17) is 0 Å². The zero-order valence-electron chi connectivity index (χ0n) is 15.9. The van der Waals surface area contributed by atoms with Crippen LogP contribution in [-0.2, 0) is 16.0 Å². The van der Waals surface area contributed by atoms with Gasteiger partial charge in [0.2, 0.25) is 11.8 Å². The summed E-state index contributed by atoms with van der Waals surface area (Å²) in [4.78, 5) is 25.7. The summed E-state index contributed by atoms with van der Waals surface area (Å²) >= 11 is 0. The number of hydrogen-bond acceptors (Lipinski definition) is 2. The lowest BCUT2D eigenvalue weighted by molar-refractivity contribution is -0.131. The van der Waals surface area contributed by atoms with Gasteiger partial charge in [0.15, 0.2) is 0 Å². The molecule has 0 saturated heterocycles. The minimum Gasteiger partial charge on any atom is -0.325 e. The first-order valence-corrected chi connectivity index (χ1v) is 9.16. The van der Waals surface area contributed by atoms with Crippen molar-refractivity contribution >= 4 is 23.2 Å². The number of carbonyl (C=O) groups excluding carboxylic acids is 2. The molecular formula is C22H26N2O2. The van der Waals surface area contributed by atoms with Gasteiger partial charge in [0.25, 0.3) is 0 Å². The Kier molecular flexibility index (Phi) is 4.86. The zero-order chi connectivity index (χ0) is 18.9. The summed E-state index contributed by atoms with van der Waals surface area (Å²) in [5.41, 5.74) is 4.92. The fourth-order valence-electron chi connectivity index (χ4n) is 3.49. The van der Waals surface area contributed by atoms with E-state index < -0.39 is 5.41 Å². The third kappa shape index (κ3) is 3.36. The molecule has 2 N–H and O–H groups in total. The Morgan fingerprint density at radius 3 is 2.12 bits per heavy atom. The lowest BCUT2D eigenvalue weighted by Crippen LogP contribution is -2.36. The first-order chi connectivity index (χ1) is 12.4. The van der Waals surface area contributed by atoms with E-state index in [-0.39, 0.29) is 11.8 Å². The van der Waals surface area contributed by atoms with Gasteiger partial charge in [-0.05, 0) is 62.8 Å². The van der Waals surface area contributed by atoms with E-state index in [0.29, 0.717) is 12.8 Å². The van der Waals surface area contributed by atoms with Crippen LogP contribution >= 0.6 is 0 Å². The Balaban J connectivity index is 1.78. The smallest absolute Gasteiger partial charge is 0.240 e. The van der Waals surface area contributed by atoms with E-state index in [9.17, 15) is 9.59 Å². The fourth-order valence-corrected chi connectivity index (χ4v) is 3.49. The maximum Gasteiger partial charge on any atom is 0.240 e. The van der Waals surface area contributed by atoms with Gasteiger partial charge in [-0.15, -0.1) is 0 Å². The van der Waals surface area contributed by atoms with Crippen LogP contribution in [0.25, 0.3) is 0 Å². The van der Waals surface area contributed by atoms with Crippen molar-refractivity contribution in [2.24, 2.45) is 5.41 Å². The quantitative estimate of drug-likeness (QED) is 0.778. The van der Waals surface area contributed by atoms with Crippen LogP contribution in [0.1, 0.15) is 42.0 Å². The van der Waals surface area contributed by atoms with Gasteiger partial charge in [0.1, 0.15) is 5.41 Å². The van der Waals surface area contributed by atoms with E-state index in [1.165, 1.54) is 0 Å². The summed E-state index contributed by atoms with van der Waals surface area (Å²) < 4.78 is 0. The SMILES string of the molecule is CCc1ccccc1NC(=O)C1(C(=O)Nc2c(C)cc(C)cc2C)CC1. The van der Waals surface area contributed by atoms with Crippen LogP contribution in [0.4, 0.5) is 11.4 Å². The molecule has 0 aliphatic heterocycles. The molecule has 0 aromatic heterocycles. The second kappa shape index (κ2) is 6.94. The average Bonchev–Trinajstić information content (AvgIpc) is 3.40. The largest absolute Gasteiger partial charge is 0.325 e. The van der Waals surface area contributed by atoms with E-state index in [0.717, 1.165) is 40.0 Å². The third-order valence-electron chi connectivity index (χ3n) is 5.18. The number of aryl methyl sites for hydroxylation is 4. The maximum absolute atomic E-state index is 12.9. The average molecular weight is 350 g/mol. The first-order valence-electron chi connectivity index (χ1n) is 9.16. The molecule has 1 saturated carbocycles. The third-order valence-corrected chi connectivity index (χ3v) is 5.18. The van der Waals surface area contributed by atoms with Gasteiger partial charge in [-0.2, -0.15) is 0 Å². The van der Waals surface area contributed by atoms with E-state index in [1.54, 1.807) is 0 Å². The van der Waals surface area contributed by atoms with Crippen LogP contribution in [0.3, 0.4) is 0 Å². The van der Waals surface area contributed by atoms with Crippen molar-refractivity contribution in [3.63, 3.8) is 0 Å². The van der Waals surface area contributed by atoms with Gasteiger partial charge in [-0.1, -0.05) is 42.8 Å². The Bertz CT molecular complexity index is 843. The predicted molar refractivity (Wildman–Crippen MR) is 105 cm³/mol. The predicted octanol–water partition coefficient (Wildman–Crippen LogP) is 4.53. The van der Waals surface area contributed by atoms with E-state index in [2.05, 4.69) is 10.6 Å². The molecule has 1 aliphatic rings. The molecule has 0 heterocycles. The highest BCUT2D eigenvalue weighted by Crippen LogP contribution is 2.48. The molecular weight excluding hydrogens is 324 g/mol. The van der Waals surface area contributed by atoms with Gasteiger partial charge in [-0.25, -0.2) is 0 Å². The molecule has 3 rings (SSSR count). The number of amides is 2. The summed E-state index contributed by atoms with van der Waals surface area (Å²) in [6.45, 7) is 8.04. The van der Waals surface area contributed by atoms with Crippen LogP contribution in [0.5, 0.6) is 0 Å². The van der Waals surface area contributed by atoms with E-state index in [1.807, 2.05) is 64.1 Å². The van der Waals surface area contributed by atoms with Gasteiger partial charge in [0.05, 0.1) is 0 Å². The van der Waals surface area contributed by atoms with E-state index >= 15 is 0 Å². The molecule has 26 heavy (non-hydrogen) atoms. The maximum atomic E-state index is 12.9. The first kappa shape index (κ1) is 18.2. The molecule has 2 amide bonds. The minimum atomic E-state index is -0.954. The number of nitrogens with one attached hydrogen (secondary N) is 2. The molecule has 0 radical (unpaired) electrons. The highest BCUT2D eigenvalue weighted by atomic mass is 16.2. The van der Waals surface area contributed by atoms with Crippen LogP contribution in [-0.4, -0.2) is 11.8 Å². The number of anilines is 2. The van der Waals surface area contributed by atoms with Crippen molar-refractivity contribution in [2.45, 2.75) is 47.0 Å². The molecule has 0 atom stereocenters. The van der Waals surface area contributed by atoms with Crippen molar-refractivity contribution < 1.29 is 9.59 Å². The topological polar surface area (TPSA) is 58.2 Å². The molecule has 136 valence electrons. The molecule has 2 aromatic carbocycles. The van der Waals surface area contributed by atoms with Crippen LogP contribution in [0.2, 0.25) is 0 Å². The Labute approximate surface area is 155 Å². The zero-order valence-corrected chi connectivity index (χ0v) is 15.9. The highest BCUT2D eigenvalue weighted by molar-refractivity contribution is 6.17. The molecule has 4 heteroatoms. The molecule has 0 spiro atoms. The molecule has 4 nitrogen and oxygen atoms in total. The lowest BCUT2D eigenvalue weighted by Gasteiger charge is -2.19. The van der Waals surface area contributed by atoms with Gasteiger partial charge >= 0.3 is 0 Å². The normalized spacial score (nSPS) is 14.6. The minimum absolute atomic E-state index is 0.209. The van der Waals surface area contributed by atoms with Crippen LogP contribution < -0.4 is 10.6 Å². The molecule has 2 aromatic rings. The lowest BCUT2D eigenvalue weighted by atomic mass is 10.0. The van der Waals surface area contributed by atoms with Crippen molar-refractivity contribution in [3.05, 3.63) is 58.7 Å². The standard InChI is InChI=1S/C22H26N2O2/c1-5-17-8-6-7-9-18(17)23-20(25)22(10-11-22)21(26)24-19-15(3)12-14(2)13-16(19)4/h6-9,12-13H,5,10-11H2,1-4H3,(H,23,25)(H,24,26). The number of para-hydroxylation sites is 1. The number of rotatable bonds is 5. The Morgan fingerprint density at radius 1 is 0.962 bits per heavy atom. The van der Waals surface area contributed by atoms with Gasteiger partial charge < -0.3 is 10.6 Å². The summed E-state index contributed by atoms with van der Waals surface area (Å²) in [7, 11) is 0. The molecule has 0 unspecified atom stereocenters. The second-order valence-electron chi connectivity index (χ2n) is 7.27. The van der Waals surface area contributed by atoms with Crippen molar-refractivity contribution in [1.82, 2.24) is 0 Å². The summed E-state index contributed by atoms with van der Waals surface area (Å²) in [6, 6.07) is 11.8. The fraction of sp³-hybridized carbons (Fsp3) is 0.364. The van der Waals surface area contributed by atoms with Gasteiger partial charge in [0, 0.05) is 11.4 Å². The summed E-state index contributed by atoms with van der Waals surface area (Å²) in [6.07, 6.45) is 2.00. The highest BCUT2D eigenvalue weighted by Gasteiger charge is 2.56. The second-order valence-corrected chi connectivity index (χ2v) is 7.27. The van der Waals surface area contributed by atoms with Crippen LogP contribution in [0, 0.1) is 26.2 Å². The van der Waals surface area contributed by atoms with Gasteiger partial charge in [-0.3, -0.25) is 9.59 Å². The summed E-state index contributed by atoms with van der Waals surface area (Å²) in [5.74, 6) is -0.419. The summed E-state index contributed by atoms with van der Waals surface area (Å²) in [5, 5.41) is 5.97. The van der Waals surface area contributed by atoms with Crippen molar-refractivity contribution in [1.29, 1.82) is 0 Å². The number of benzene rings is 2. The Hall–Kier alpha value is -2.62.